The average molecular weight is 375 g/mol. The Morgan fingerprint density at radius 3 is 3.04 bits per heavy atom. The number of likely N-dealkylation sites (tertiary alicyclic amines) is 1. The van der Waals surface area contributed by atoms with Crippen molar-refractivity contribution >= 4 is 22.3 Å². The van der Waals surface area contributed by atoms with Crippen LogP contribution in [0.1, 0.15) is 22.6 Å². The van der Waals surface area contributed by atoms with E-state index in [1.54, 1.807) is 6.07 Å². The van der Waals surface area contributed by atoms with Crippen molar-refractivity contribution in [2.24, 2.45) is 0 Å². The molecule has 2 aliphatic rings. The number of aromatic nitrogens is 2. The first-order chi connectivity index (χ1) is 12.5. The van der Waals surface area contributed by atoms with Crippen LogP contribution in [0.25, 0.3) is 0 Å². The summed E-state index contributed by atoms with van der Waals surface area (Å²) in [5.74, 6) is 0.720. The van der Waals surface area contributed by atoms with Gasteiger partial charge in [0.25, 0.3) is 0 Å². The van der Waals surface area contributed by atoms with Gasteiger partial charge >= 0.3 is 5.00 Å². The molecule has 9 heteroatoms. The quantitative estimate of drug-likeness (QED) is 0.598. The molecule has 4 heterocycles. The molecule has 0 bridgehead atoms. The van der Waals surface area contributed by atoms with Crippen molar-refractivity contribution in [2.45, 2.75) is 25.0 Å². The predicted octanol–water partition coefficient (Wildman–Crippen LogP) is 2.19. The second kappa shape index (κ2) is 6.57. The molecule has 2 aromatic heterocycles. The number of hydrogen-bond donors (Lipinski definition) is 0. The molecule has 2 aliphatic heterocycles. The molecule has 0 radical (unpaired) electrons. The van der Waals surface area contributed by atoms with Gasteiger partial charge in [0.15, 0.2) is 0 Å². The zero-order chi connectivity index (χ0) is 18.3. The molecule has 0 aliphatic carbocycles. The van der Waals surface area contributed by atoms with Crippen LogP contribution in [0.5, 0.6) is 0 Å². The van der Waals surface area contributed by atoms with Crippen molar-refractivity contribution < 1.29 is 9.66 Å². The van der Waals surface area contributed by atoms with Crippen LogP contribution in [0, 0.1) is 10.1 Å². The minimum Gasteiger partial charge on any atom is -0.376 e. The van der Waals surface area contributed by atoms with Crippen LogP contribution in [0.4, 0.5) is 10.9 Å². The third-order valence-corrected chi connectivity index (χ3v) is 6.05. The van der Waals surface area contributed by atoms with Crippen molar-refractivity contribution in [1.82, 2.24) is 14.9 Å². The lowest BCUT2D eigenvalue weighted by molar-refractivity contribution is -0.380. The van der Waals surface area contributed by atoms with Crippen LogP contribution in [-0.4, -0.2) is 53.6 Å². The summed E-state index contributed by atoms with van der Waals surface area (Å²) >= 11 is 1.25. The molecular weight excluding hydrogens is 354 g/mol. The lowest BCUT2D eigenvalue weighted by Gasteiger charge is -2.34. The maximum Gasteiger partial charge on any atom is 0.324 e. The molecule has 26 heavy (non-hydrogen) atoms. The van der Waals surface area contributed by atoms with Crippen LogP contribution in [0.3, 0.4) is 0 Å². The summed E-state index contributed by atoms with van der Waals surface area (Å²) in [5, 5.41) is 11.1. The van der Waals surface area contributed by atoms with Gasteiger partial charge in [-0.3, -0.25) is 15.0 Å². The van der Waals surface area contributed by atoms with Crippen molar-refractivity contribution in [3.8, 4) is 0 Å². The van der Waals surface area contributed by atoms with Crippen LogP contribution >= 0.6 is 11.3 Å². The second-order valence-corrected chi connectivity index (χ2v) is 8.32. The van der Waals surface area contributed by atoms with E-state index in [0.29, 0.717) is 13.2 Å². The summed E-state index contributed by atoms with van der Waals surface area (Å²) in [6.07, 6.45) is 2.85. The van der Waals surface area contributed by atoms with Crippen LogP contribution in [0.2, 0.25) is 0 Å². The smallest absolute Gasteiger partial charge is 0.324 e. The number of fused-ring (bicyclic) bond motifs is 2. The van der Waals surface area contributed by atoms with E-state index >= 15 is 0 Å². The summed E-state index contributed by atoms with van der Waals surface area (Å²) in [4.78, 5) is 25.1. The van der Waals surface area contributed by atoms with Crippen molar-refractivity contribution in [3.05, 3.63) is 44.6 Å². The Kier molecular flexibility index (Phi) is 4.37. The third-order valence-electron chi connectivity index (χ3n) is 5.03. The van der Waals surface area contributed by atoms with Crippen molar-refractivity contribution in [3.63, 3.8) is 0 Å². The number of thiophene rings is 1. The minimum atomic E-state index is -0.329. The normalized spacial score (nSPS) is 22.5. The Morgan fingerprint density at radius 1 is 1.46 bits per heavy atom. The first-order valence-corrected chi connectivity index (χ1v) is 9.35. The largest absolute Gasteiger partial charge is 0.376 e. The lowest BCUT2D eigenvalue weighted by atomic mass is 9.80. The van der Waals surface area contributed by atoms with Crippen LogP contribution < -0.4 is 4.90 Å². The molecule has 0 saturated carbocycles. The molecule has 2 aromatic rings. The Labute approximate surface area is 155 Å². The van der Waals surface area contributed by atoms with Gasteiger partial charge in [-0.2, -0.15) is 0 Å². The van der Waals surface area contributed by atoms with Gasteiger partial charge in [-0.15, -0.1) is 0 Å². The predicted molar refractivity (Wildman–Crippen MR) is 98.6 cm³/mol. The van der Waals surface area contributed by atoms with Gasteiger partial charge in [0.1, 0.15) is 0 Å². The highest BCUT2D eigenvalue weighted by Gasteiger charge is 2.45. The van der Waals surface area contributed by atoms with E-state index in [9.17, 15) is 10.1 Å². The van der Waals surface area contributed by atoms with E-state index in [2.05, 4.69) is 9.88 Å². The molecule has 4 rings (SSSR count). The third kappa shape index (κ3) is 3.06. The molecule has 1 fully saturated rings. The highest BCUT2D eigenvalue weighted by Crippen LogP contribution is 2.40. The van der Waals surface area contributed by atoms with E-state index in [1.165, 1.54) is 11.3 Å². The fraction of sp³-hybridized carbons (Fsp3) is 0.529. The zero-order valence-corrected chi connectivity index (χ0v) is 15.7. The van der Waals surface area contributed by atoms with Gasteiger partial charge in [-0.05, 0) is 19.0 Å². The van der Waals surface area contributed by atoms with Gasteiger partial charge in [0, 0.05) is 49.9 Å². The summed E-state index contributed by atoms with van der Waals surface area (Å²) in [6.45, 7) is 3.71. The van der Waals surface area contributed by atoms with E-state index in [0.717, 1.165) is 48.1 Å². The molecule has 138 valence electrons. The highest BCUT2D eigenvalue weighted by atomic mass is 32.1. The van der Waals surface area contributed by atoms with Gasteiger partial charge < -0.3 is 9.64 Å². The molecule has 1 atom stereocenters. The summed E-state index contributed by atoms with van der Waals surface area (Å²) < 4.78 is 5.86. The van der Waals surface area contributed by atoms with E-state index in [1.807, 2.05) is 31.3 Å². The van der Waals surface area contributed by atoms with Crippen LogP contribution in [-0.2, 0) is 23.3 Å². The summed E-state index contributed by atoms with van der Waals surface area (Å²) in [5.41, 5.74) is 2.04. The monoisotopic (exact) mass is 375 g/mol. The maximum atomic E-state index is 10.9. The Hall–Kier alpha value is -2.10. The first kappa shape index (κ1) is 17.3. The van der Waals surface area contributed by atoms with E-state index < -0.39 is 0 Å². The number of hydrogen-bond acceptors (Lipinski definition) is 8. The first-order valence-electron chi connectivity index (χ1n) is 8.54. The molecule has 1 saturated heterocycles. The number of anilines is 1. The Bertz CT molecular complexity index is 840. The minimum absolute atomic E-state index is 0.121. The molecule has 1 spiro atoms. The molecule has 0 N–H and O–H groups in total. The van der Waals surface area contributed by atoms with Gasteiger partial charge in [-0.1, -0.05) is 11.3 Å². The van der Waals surface area contributed by atoms with Crippen molar-refractivity contribution in [2.75, 3.05) is 38.7 Å². The lowest BCUT2D eigenvalue weighted by Crippen LogP contribution is -2.40. The number of rotatable bonds is 4. The molecule has 0 aromatic carbocycles. The SMILES string of the molecule is CN(C)c1ncc2c(n1)[C@@]1(CCN(Cc3ccc([N+](=O)[O-])s3)C1)COC2. The fourth-order valence-electron chi connectivity index (χ4n) is 3.78. The Balaban J connectivity index is 1.56. The van der Waals surface area contributed by atoms with Gasteiger partial charge in [0.2, 0.25) is 5.95 Å². The summed E-state index contributed by atoms with van der Waals surface area (Å²) in [6, 6.07) is 3.44. The number of nitro groups is 1. The highest BCUT2D eigenvalue weighted by molar-refractivity contribution is 7.15. The zero-order valence-electron chi connectivity index (χ0n) is 14.8. The van der Waals surface area contributed by atoms with Gasteiger partial charge in [-0.25, -0.2) is 9.97 Å². The number of ether oxygens (including phenoxy) is 1. The topological polar surface area (TPSA) is 84.6 Å². The standard InChI is InChI=1S/C17H21N5O3S/c1-20(2)16-18-7-12-9-25-11-17(15(12)19-16)5-6-21(10-17)8-13-3-4-14(26-13)22(23)24/h3-4,7H,5-6,8-11H2,1-2H3/t17-/m1/s1. The fourth-order valence-corrected chi connectivity index (χ4v) is 4.64. The Morgan fingerprint density at radius 2 is 2.31 bits per heavy atom. The molecule has 0 unspecified atom stereocenters. The van der Waals surface area contributed by atoms with Crippen LogP contribution in [0.15, 0.2) is 18.3 Å². The van der Waals surface area contributed by atoms with Crippen molar-refractivity contribution in [1.29, 1.82) is 0 Å². The molecule has 0 amide bonds. The molecular formula is C17H21N5O3S. The second-order valence-electron chi connectivity index (χ2n) is 7.17. The average Bonchev–Trinajstić information content (AvgIpc) is 3.23. The van der Waals surface area contributed by atoms with E-state index in [-0.39, 0.29) is 15.3 Å². The maximum absolute atomic E-state index is 10.9. The van der Waals surface area contributed by atoms with E-state index in [4.69, 9.17) is 9.72 Å². The molecule has 8 nitrogen and oxygen atoms in total. The number of nitrogens with zero attached hydrogens (tertiary/aromatic N) is 5. The summed E-state index contributed by atoms with van der Waals surface area (Å²) in [7, 11) is 3.89. The van der Waals surface area contributed by atoms with Gasteiger partial charge in [0.05, 0.1) is 29.2 Å².